The summed E-state index contributed by atoms with van der Waals surface area (Å²) in [5.41, 5.74) is 3.73. The first-order chi connectivity index (χ1) is 14.1. The van der Waals surface area contributed by atoms with E-state index >= 15 is 0 Å². The van der Waals surface area contributed by atoms with Gasteiger partial charge in [0.2, 0.25) is 5.95 Å². The predicted molar refractivity (Wildman–Crippen MR) is 115 cm³/mol. The van der Waals surface area contributed by atoms with Crippen LogP contribution in [0.3, 0.4) is 0 Å². The number of benzene rings is 2. The molecule has 0 aliphatic heterocycles. The Hall–Kier alpha value is -3.41. The second-order valence-electron chi connectivity index (χ2n) is 7.02. The summed E-state index contributed by atoms with van der Waals surface area (Å²) < 4.78 is 5.15. The normalized spacial score (nSPS) is 10.6. The van der Waals surface area contributed by atoms with Gasteiger partial charge in [-0.2, -0.15) is 0 Å². The number of carbonyl (C=O) groups is 1. The average Bonchev–Trinajstić information content (AvgIpc) is 2.75. The standard InChI is InChI=1S/C23H26N4O2/c1-16(2)20-6-4-5-7-21(20)27-23-25-14-18(15-26-23)22(28)24-13-12-17-8-10-19(29-3)11-9-17/h4-11,14-16H,12-13H2,1-3H3,(H,24,28)(H,25,26,27). The fourth-order valence-corrected chi connectivity index (χ4v) is 2.96. The molecule has 0 saturated heterocycles. The minimum atomic E-state index is -0.187. The first-order valence-corrected chi connectivity index (χ1v) is 9.66. The summed E-state index contributed by atoms with van der Waals surface area (Å²) in [6.07, 6.45) is 3.81. The Labute approximate surface area is 171 Å². The fraction of sp³-hybridized carbons (Fsp3) is 0.261. The number of para-hydroxylation sites is 1. The highest BCUT2D eigenvalue weighted by atomic mass is 16.5. The smallest absolute Gasteiger partial charge is 0.254 e. The number of ether oxygens (including phenoxy) is 1. The van der Waals surface area contributed by atoms with Crippen molar-refractivity contribution < 1.29 is 9.53 Å². The lowest BCUT2D eigenvalue weighted by Gasteiger charge is -2.13. The van der Waals surface area contributed by atoms with E-state index < -0.39 is 0 Å². The third-order valence-electron chi connectivity index (χ3n) is 4.60. The Balaban J connectivity index is 1.54. The number of methoxy groups -OCH3 is 1. The van der Waals surface area contributed by atoms with E-state index in [9.17, 15) is 4.79 Å². The van der Waals surface area contributed by atoms with E-state index in [1.165, 1.54) is 18.0 Å². The average molecular weight is 390 g/mol. The second kappa shape index (κ2) is 9.68. The highest BCUT2D eigenvalue weighted by Gasteiger charge is 2.09. The lowest BCUT2D eigenvalue weighted by Crippen LogP contribution is -2.26. The molecule has 3 rings (SSSR count). The van der Waals surface area contributed by atoms with Gasteiger partial charge in [0.25, 0.3) is 5.91 Å². The molecule has 0 aliphatic rings. The lowest BCUT2D eigenvalue weighted by molar-refractivity contribution is 0.0953. The van der Waals surface area contributed by atoms with Crippen molar-refractivity contribution in [2.75, 3.05) is 19.0 Å². The number of nitrogens with zero attached hydrogens (tertiary/aromatic N) is 2. The van der Waals surface area contributed by atoms with Crippen LogP contribution < -0.4 is 15.4 Å². The van der Waals surface area contributed by atoms with Crippen molar-refractivity contribution >= 4 is 17.5 Å². The van der Waals surface area contributed by atoms with Crippen LogP contribution in [0.1, 0.15) is 41.3 Å². The van der Waals surface area contributed by atoms with E-state index in [-0.39, 0.29) is 5.91 Å². The van der Waals surface area contributed by atoms with Gasteiger partial charge in [-0.15, -0.1) is 0 Å². The van der Waals surface area contributed by atoms with E-state index in [2.05, 4.69) is 40.5 Å². The topological polar surface area (TPSA) is 76.1 Å². The molecule has 0 aliphatic carbocycles. The molecule has 2 N–H and O–H groups in total. The van der Waals surface area contributed by atoms with Gasteiger partial charge >= 0.3 is 0 Å². The molecule has 3 aromatic rings. The van der Waals surface area contributed by atoms with Gasteiger partial charge in [0.1, 0.15) is 5.75 Å². The number of amides is 1. The second-order valence-corrected chi connectivity index (χ2v) is 7.02. The molecule has 0 bridgehead atoms. The summed E-state index contributed by atoms with van der Waals surface area (Å²) in [7, 11) is 1.64. The van der Waals surface area contributed by atoms with Gasteiger partial charge in [-0.25, -0.2) is 9.97 Å². The largest absolute Gasteiger partial charge is 0.497 e. The van der Waals surface area contributed by atoms with Crippen molar-refractivity contribution in [3.8, 4) is 5.75 Å². The molecular weight excluding hydrogens is 364 g/mol. The van der Waals surface area contributed by atoms with Crippen LogP contribution in [-0.2, 0) is 6.42 Å². The van der Waals surface area contributed by atoms with E-state index in [4.69, 9.17) is 4.74 Å². The molecule has 0 unspecified atom stereocenters. The Morgan fingerprint density at radius 3 is 2.38 bits per heavy atom. The number of anilines is 2. The van der Waals surface area contributed by atoms with Crippen LogP contribution in [0.5, 0.6) is 5.75 Å². The first-order valence-electron chi connectivity index (χ1n) is 9.66. The summed E-state index contributed by atoms with van der Waals surface area (Å²) in [6.45, 7) is 4.81. The minimum absolute atomic E-state index is 0.187. The molecule has 2 aromatic carbocycles. The lowest BCUT2D eigenvalue weighted by atomic mass is 10.0. The van der Waals surface area contributed by atoms with Gasteiger partial charge in [-0.1, -0.05) is 44.2 Å². The molecule has 0 atom stereocenters. The molecule has 6 nitrogen and oxygen atoms in total. The summed E-state index contributed by atoms with van der Waals surface area (Å²) in [6, 6.07) is 15.9. The van der Waals surface area contributed by atoms with Crippen LogP contribution in [-0.4, -0.2) is 29.5 Å². The van der Waals surface area contributed by atoms with Crippen LogP contribution in [0.4, 0.5) is 11.6 Å². The fourth-order valence-electron chi connectivity index (χ4n) is 2.96. The number of hydrogen-bond acceptors (Lipinski definition) is 5. The molecule has 1 heterocycles. The zero-order chi connectivity index (χ0) is 20.6. The van der Waals surface area contributed by atoms with Gasteiger partial charge in [0.05, 0.1) is 12.7 Å². The van der Waals surface area contributed by atoms with Crippen molar-refractivity contribution in [3.63, 3.8) is 0 Å². The molecule has 0 fully saturated rings. The maximum atomic E-state index is 12.3. The summed E-state index contributed by atoms with van der Waals surface area (Å²) in [5.74, 6) is 1.48. The van der Waals surface area contributed by atoms with Gasteiger partial charge in [-0.3, -0.25) is 4.79 Å². The quantitative estimate of drug-likeness (QED) is 0.599. The van der Waals surface area contributed by atoms with E-state index in [0.717, 1.165) is 23.4 Å². The maximum absolute atomic E-state index is 12.3. The zero-order valence-electron chi connectivity index (χ0n) is 17.0. The van der Waals surface area contributed by atoms with Crippen LogP contribution in [0.25, 0.3) is 0 Å². The molecule has 6 heteroatoms. The van der Waals surface area contributed by atoms with Crippen molar-refractivity contribution in [2.24, 2.45) is 0 Å². The Kier molecular flexibility index (Phi) is 6.79. The van der Waals surface area contributed by atoms with E-state index in [0.29, 0.717) is 24.0 Å². The number of aromatic nitrogens is 2. The molecule has 1 aromatic heterocycles. The number of hydrogen-bond donors (Lipinski definition) is 2. The van der Waals surface area contributed by atoms with Gasteiger partial charge < -0.3 is 15.4 Å². The summed E-state index contributed by atoms with van der Waals surface area (Å²) >= 11 is 0. The highest BCUT2D eigenvalue weighted by molar-refractivity contribution is 5.93. The number of rotatable bonds is 8. The van der Waals surface area contributed by atoms with Crippen molar-refractivity contribution in [1.82, 2.24) is 15.3 Å². The van der Waals surface area contributed by atoms with E-state index in [1.54, 1.807) is 7.11 Å². The van der Waals surface area contributed by atoms with Crippen LogP contribution in [0, 0.1) is 0 Å². The monoisotopic (exact) mass is 390 g/mol. The van der Waals surface area contributed by atoms with Gasteiger partial charge in [0.15, 0.2) is 0 Å². The minimum Gasteiger partial charge on any atom is -0.497 e. The molecule has 1 amide bonds. The molecule has 0 radical (unpaired) electrons. The summed E-state index contributed by atoms with van der Waals surface area (Å²) in [5, 5.41) is 6.13. The number of carbonyl (C=O) groups excluding carboxylic acids is 1. The number of nitrogens with one attached hydrogen (secondary N) is 2. The van der Waals surface area contributed by atoms with Crippen LogP contribution >= 0.6 is 0 Å². The van der Waals surface area contributed by atoms with Gasteiger partial charge in [-0.05, 0) is 41.7 Å². The van der Waals surface area contributed by atoms with Crippen molar-refractivity contribution in [1.29, 1.82) is 0 Å². The SMILES string of the molecule is COc1ccc(CCNC(=O)c2cnc(Nc3ccccc3C(C)C)nc2)cc1. The van der Waals surface area contributed by atoms with Crippen molar-refractivity contribution in [3.05, 3.63) is 77.6 Å². The molecule has 150 valence electrons. The Bertz CT molecular complexity index is 938. The molecule has 29 heavy (non-hydrogen) atoms. The van der Waals surface area contributed by atoms with Crippen LogP contribution in [0.15, 0.2) is 60.9 Å². The third kappa shape index (κ3) is 5.54. The molecular formula is C23H26N4O2. The maximum Gasteiger partial charge on any atom is 0.254 e. The van der Waals surface area contributed by atoms with E-state index in [1.807, 2.05) is 42.5 Å². The Morgan fingerprint density at radius 1 is 1.03 bits per heavy atom. The van der Waals surface area contributed by atoms with Crippen molar-refractivity contribution in [2.45, 2.75) is 26.2 Å². The van der Waals surface area contributed by atoms with Crippen LogP contribution in [0.2, 0.25) is 0 Å². The Morgan fingerprint density at radius 2 is 1.72 bits per heavy atom. The third-order valence-corrected chi connectivity index (χ3v) is 4.60. The first kappa shape index (κ1) is 20.3. The van der Waals surface area contributed by atoms with Gasteiger partial charge in [0, 0.05) is 24.6 Å². The molecule has 0 saturated carbocycles. The predicted octanol–water partition coefficient (Wildman–Crippen LogP) is 4.32. The molecule has 0 spiro atoms. The summed E-state index contributed by atoms with van der Waals surface area (Å²) in [4.78, 5) is 20.9. The zero-order valence-corrected chi connectivity index (χ0v) is 17.0. The highest BCUT2D eigenvalue weighted by Crippen LogP contribution is 2.25.